The highest BCUT2D eigenvalue weighted by molar-refractivity contribution is 6.42. The van der Waals surface area contributed by atoms with Gasteiger partial charge in [-0.25, -0.2) is 0 Å². The summed E-state index contributed by atoms with van der Waals surface area (Å²) < 4.78 is 1.99. The summed E-state index contributed by atoms with van der Waals surface area (Å²) in [5, 5.41) is 4.87. The number of rotatable bonds is 5. The molecule has 3 rings (SSSR count). The largest absolute Gasteiger partial charge is 0.332 e. The molecular weight excluding hydrogens is 379 g/mol. The lowest BCUT2D eigenvalue weighted by Gasteiger charge is -2.11. The molecule has 2 aromatic carbocycles. The lowest BCUT2D eigenvalue weighted by Crippen LogP contribution is -2.18. The van der Waals surface area contributed by atoms with Gasteiger partial charge in [0.1, 0.15) is 5.69 Å². The third kappa shape index (κ3) is 3.76. The van der Waals surface area contributed by atoms with Crippen molar-refractivity contribution in [3.63, 3.8) is 0 Å². The van der Waals surface area contributed by atoms with Gasteiger partial charge in [-0.3, -0.25) is 4.79 Å². The number of fused-ring (bicyclic) bond motifs is 1. The highest BCUT2D eigenvalue weighted by atomic mass is 35.5. The smallest absolute Gasteiger partial charge is 0.272 e. The van der Waals surface area contributed by atoms with E-state index in [1.165, 1.54) is 5.56 Å². The SMILES string of the molecule is C=CCn1c(C(=O)Nc2ccc(Cl)c(Cl)c2)c(C)c2cc(C(C)C)ccc21. The first-order valence-electron chi connectivity index (χ1n) is 8.83. The molecule has 3 aromatic rings. The Kier molecular flexibility index (Phi) is 5.64. The molecule has 5 heteroatoms. The van der Waals surface area contributed by atoms with Gasteiger partial charge in [-0.2, -0.15) is 0 Å². The molecule has 0 aliphatic carbocycles. The van der Waals surface area contributed by atoms with Gasteiger partial charge >= 0.3 is 0 Å². The van der Waals surface area contributed by atoms with E-state index in [1.807, 2.05) is 11.5 Å². The van der Waals surface area contributed by atoms with Gasteiger partial charge in [-0.1, -0.05) is 49.2 Å². The number of benzene rings is 2. The zero-order chi connectivity index (χ0) is 19.7. The van der Waals surface area contributed by atoms with Crippen LogP contribution in [-0.4, -0.2) is 10.5 Å². The van der Waals surface area contributed by atoms with E-state index >= 15 is 0 Å². The summed E-state index contributed by atoms with van der Waals surface area (Å²) in [6.45, 7) is 10.7. The highest BCUT2D eigenvalue weighted by Crippen LogP contribution is 2.30. The average Bonchev–Trinajstić information content (AvgIpc) is 2.90. The van der Waals surface area contributed by atoms with Crippen LogP contribution in [0.5, 0.6) is 0 Å². The van der Waals surface area contributed by atoms with Crippen molar-refractivity contribution in [2.24, 2.45) is 0 Å². The number of amides is 1. The van der Waals surface area contributed by atoms with Crippen LogP contribution in [0.25, 0.3) is 10.9 Å². The first-order chi connectivity index (χ1) is 12.8. The Bertz CT molecular complexity index is 1030. The number of anilines is 1. The number of aryl methyl sites for hydroxylation is 1. The second-order valence-electron chi connectivity index (χ2n) is 6.89. The van der Waals surface area contributed by atoms with Gasteiger partial charge in [0.15, 0.2) is 0 Å². The molecule has 0 spiro atoms. The van der Waals surface area contributed by atoms with Crippen LogP contribution in [0, 0.1) is 6.92 Å². The Morgan fingerprint density at radius 1 is 1.19 bits per heavy atom. The molecule has 140 valence electrons. The summed E-state index contributed by atoms with van der Waals surface area (Å²) in [4.78, 5) is 13.1. The lowest BCUT2D eigenvalue weighted by atomic mass is 10.0. The average molecular weight is 401 g/mol. The van der Waals surface area contributed by atoms with Crippen molar-refractivity contribution >= 4 is 45.7 Å². The predicted octanol–water partition coefficient (Wildman–Crippen LogP) is 6.82. The van der Waals surface area contributed by atoms with Gasteiger partial charge in [0.05, 0.1) is 10.0 Å². The van der Waals surface area contributed by atoms with Crippen LogP contribution >= 0.6 is 23.2 Å². The maximum atomic E-state index is 13.1. The van der Waals surface area contributed by atoms with Crippen LogP contribution in [0.4, 0.5) is 5.69 Å². The van der Waals surface area contributed by atoms with Crippen molar-refractivity contribution in [2.75, 3.05) is 5.32 Å². The predicted molar refractivity (Wildman–Crippen MR) is 115 cm³/mol. The van der Waals surface area contributed by atoms with Gasteiger partial charge in [-0.15, -0.1) is 6.58 Å². The van der Waals surface area contributed by atoms with Crippen LogP contribution < -0.4 is 5.32 Å². The summed E-state index contributed by atoms with van der Waals surface area (Å²) in [7, 11) is 0. The van der Waals surface area contributed by atoms with E-state index in [0.29, 0.717) is 33.9 Å². The Labute approximate surface area is 169 Å². The maximum absolute atomic E-state index is 13.1. The molecule has 1 aromatic heterocycles. The van der Waals surface area contributed by atoms with Gasteiger partial charge in [0.2, 0.25) is 0 Å². The summed E-state index contributed by atoms with van der Waals surface area (Å²) in [5.74, 6) is 0.236. The summed E-state index contributed by atoms with van der Waals surface area (Å²) in [6, 6.07) is 11.4. The van der Waals surface area contributed by atoms with E-state index in [9.17, 15) is 4.79 Å². The Morgan fingerprint density at radius 3 is 2.56 bits per heavy atom. The quantitative estimate of drug-likeness (QED) is 0.468. The molecule has 0 aliphatic heterocycles. The lowest BCUT2D eigenvalue weighted by molar-refractivity contribution is 0.101. The number of hydrogen-bond donors (Lipinski definition) is 1. The molecule has 1 N–H and O–H groups in total. The van der Waals surface area contributed by atoms with Gasteiger partial charge in [0, 0.05) is 23.1 Å². The molecule has 3 nitrogen and oxygen atoms in total. The van der Waals surface area contributed by atoms with Crippen molar-refractivity contribution in [1.29, 1.82) is 0 Å². The molecule has 1 amide bonds. The van der Waals surface area contributed by atoms with Crippen LogP contribution in [0.3, 0.4) is 0 Å². The number of aromatic nitrogens is 1. The van der Waals surface area contributed by atoms with E-state index in [-0.39, 0.29) is 5.91 Å². The number of allylic oxidation sites excluding steroid dienone is 1. The van der Waals surface area contributed by atoms with Crippen molar-refractivity contribution < 1.29 is 4.79 Å². The number of halogens is 2. The Balaban J connectivity index is 2.09. The molecule has 0 atom stereocenters. The number of nitrogens with one attached hydrogen (secondary N) is 1. The molecule has 0 radical (unpaired) electrons. The summed E-state index contributed by atoms with van der Waals surface area (Å²) in [6.07, 6.45) is 1.80. The monoisotopic (exact) mass is 400 g/mol. The topological polar surface area (TPSA) is 34.0 Å². The molecule has 0 unspecified atom stereocenters. The standard InChI is InChI=1S/C22H22Cl2N2O/c1-5-10-26-20-9-6-15(13(2)3)11-17(20)14(4)21(26)22(27)25-16-7-8-18(23)19(24)12-16/h5-9,11-13H,1,10H2,2-4H3,(H,25,27). The van der Waals surface area contributed by atoms with Crippen LogP contribution in [-0.2, 0) is 6.54 Å². The van der Waals surface area contributed by atoms with Crippen molar-refractivity contribution in [1.82, 2.24) is 4.57 Å². The minimum absolute atomic E-state index is 0.185. The van der Waals surface area contributed by atoms with Gasteiger partial charge < -0.3 is 9.88 Å². The third-order valence-electron chi connectivity index (χ3n) is 4.71. The molecule has 0 fully saturated rings. The second-order valence-corrected chi connectivity index (χ2v) is 7.70. The van der Waals surface area contributed by atoms with E-state index < -0.39 is 0 Å². The van der Waals surface area contributed by atoms with E-state index in [4.69, 9.17) is 23.2 Å². The molecule has 0 saturated heterocycles. The first kappa shape index (κ1) is 19.5. The van der Waals surface area contributed by atoms with Crippen molar-refractivity contribution in [2.45, 2.75) is 33.2 Å². The minimum Gasteiger partial charge on any atom is -0.332 e. The van der Waals surface area contributed by atoms with Crippen LogP contribution in [0.1, 0.15) is 41.4 Å². The molecular formula is C22H22Cl2N2O. The van der Waals surface area contributed by atoms with Crippen molar-refractivity contribution in [3.8, 4) is 0 Å². The van der Waals surface area contributed by atoms with Crippen LogP contribution in [0.2, 0.25) is 10.0 Å². The van der Waals surface area contributed by atoms with Crippen molar-refractivity contribution in [3.05, 3.63) is 75.9 Å². The fourth-order valence-electron chi connectivity index (χ4n) is 3.27. The molecule has 0 saturated carbocycles. The fraction of sp³-hybridized carbons (Fsp3) is 0.227. The maximum Gasteiger partial charge on any atom is 0.272 e. The van der Waals surface area contributed by atoms with E-state index in [2.05, 4.69) is 43.9 Å². The van der Waals surface area contributed by atoms with Gasteiger partial charge in [0.25, 0.3) is 5.91 Å². The summed E-state index contributed by atoms with van der Waals surface area (Å²) >= 11 is 12.0. The molecule has 27 heavy (non-hydrogen) atoms. The second kappa shape index (κ2) is 7.79. The minimum atomic E-state index is -0.185. The summed E-state index contributed by atoms with van der Waals surface area (Å²) in [5.41, 5.74) is 4.45. The first-order valence-corrected chi connectivity index (χ1v) is 9.59. The normalized spacial score (nSPS) is 11.2. The number of nitrogens with zero attached hydrogens (tertiary/aromatic N) is 1. The molecule has 1 heterocycles. The highest BCUT2D eigenvalue weighted by Gasteiger charge is 2.20. The van der Waals surface area contributed by atoms with Gasteiger partial charge in [-0.05, 0) is 54.3 Å². The van der Waals surface area contributed by atoms with E-state index in [0.717, 1.165) is 16.5 Å². The number of hydrogen-bond acceptors (Lipinski definition) is 1. The van der Waals surface area contributed by atoms with E-state index in [1.54, 1.807) is 24.3 Å². The Hall–Kier alpha value is -2.23. The van der Waals surface area contributed by atoms with Crippen LogP contribution in [0.15, 0.2) is 49.1 Å². The number of carbonyl (C=O) groups is 1. The molecule has 0 bridgehead atoms. The zero-order valence-corrected chi connectivity index (χ0v) is 17.2. The number of carbonyl (C=O) groups excluding carboxylic acids is 1. The zero-order valence-electron chi connectivity index (χ0n) is 15.6. The fourth-order valence-corrected chi connectivity index (χ4v) is 3.57. The Morgan fingerprint density at radius 2 is 1.93 bits per heavy atom. The third-order valence-corrected chi connectivity index (χ3v) is 5.45. The molecule has 0 aliphatic rings.